The summed E-state index contributed by atoms with van der Waals surface area (Å²) in [5.41, 5.74) is 1.42. The van der Waals surface area contributed by atoms with Gasteiger partial charge in [-0.05, 0) is 32.0 Å². The van der Waals surface area contributed by atoms with Gasteiger partial charge < -0.3 is 10.1 Å². The number of morpholine rings is 1. The lowest BCUT2D eigenvalue weighted by Crippen LogP contribution is -2.46. The molecule has 3 rings (SSSR count). The molecule has 2 aromatic carbocycles. The maximum absolute atomic E-state index is 12.8. The predicted octanol–water partition coefficient (Wildman–Crippen LogP) is 4.01. The Kier molecular flexibility index (Phi) is 6.83. The van der Waals surface area contributed by atoms with Crippen molar-refractivity contribution in [2.75, 3.05) is 25.0 Å². The number of halogens is 1. The van der Waals surface area contributed by atoms with Gasteiger partial charge in [-0.3, -0.25) is 14.5 Å². The summed E-state index contributed by atoms with van der Waals surface area (Å²) in [4.78, 5) is 27.6. The van der Waals surface area contributed by atoms with Gasteiger partial charge in [0.1, 0.15) is 0 Å². The smallest absolute Gasteiger partial charge is 0.225 e. The van der Waals surface area contributed by atoms with E-state index in [4.69, 9.17) is 16.3 Å². The number of rotatable bonds is 6. The van der Waals surface area contributed by atoms with Crippen LogP contribution >= 0.6 is 11.6 Å². The summed E-state index contributed by atoms with van der Waals surface area (Å²) in [5, 5.41) is 3.33. The molecule has 6 heteroatoms. The van der Waals surface area contributed by atoms with Crippen LogP contribution in [0.2, 0.25) is 5.02 Å². The maximum atomic E-state index is 12.8. The van der Waals surface area contributed by atoms with E-state index in [2.05, 4.69) is 10.2 Å². The van der Waals surface area contributed by atoms with Crippen LogP contribution < -0.4 is 5.32 Å². The van der Waals surface area contributed by atoms with Gasteiger partial charge in [-0.15, -0.1) is 0 Å². The second kappa shape index (κ2) is 9.32. The lowest BCUT2D eigenvalue weighted by atomic mass is 10.0. The fraction of sp³-hybridized carbons (Fsp3) is 0.364. The fourth-order valence-electron chi connectivity index (χ4n) is 3.50. The van der Waals surface area contributed by atoms with E-state index in [9.17, 15) is 9.59 Å². The highest BCUT2D eigenvalue weighted by molar-refractivity contribution is 6.31. The number of ether oxygens (including phenoxy) is 1. The third kappa shape index (κ3) is 5.41. The van der Waals surface area contributed by atoms with E-state index in [1.807, 2.05) is 19.9 Å². The molecular formula is C22H25ClN2O3. The maximum Gasteiger partial charge on any atom is 0.225 e. The second-order valence-corrected chi connectivity index (χ2v) is 7.64. The molecule has 0 aromatic heterocycles. The monoisotopic (exact) mass is 400 g/mol. The average Bonchev–Trinajstić information content (AvgIpc) is 2.67. The minimum Gasteiger partial charge on any atom is -0.373 e. The van der Waals surface area contributed by atoms with Crippen molar-refractivity contribution in [3.63, 3.8) is 0 Å². The van der Waals surface area contributed by atoms with Gasteiger partial charge in [-0.2, -0.15) is 0 Å². The number of nitrogens with one attached hydrogen (secondary N) is 1. The van der Waals surface area contributed by atoms with Gasteiger partial charge in [0.05, 0.1) is 17.9 Å². The Morgan fingerprint density at radius 2 is 1.79 bits per heavy atom. The molecule has 0 radical (unpaired) electrons. The zero-order valence-corrected chi connectivity index (χ0v) is 16.9. The van der Waals surface area contributed by atoms with Gasteiger partial charge >= 0.3 is 0 Å². The summed E-state index contributed by atoms with van der Waals surface area (Å²) < 4.78 is 5.72. The van der Waals surface area contributed by atoms with Crippen LogP contribution in [0.25, 0.3) is 0 Å². The van der Waals surface area contributed by atoms with E-state index < -0.39 is 0 Å². The Labute approximate surface area is 170 Å². The molecule has 1 amide bonds. The summed E-state index contributed by atoms with van der Waals surface area (Å²) in [6.07, 6.45) is 0.678. The number of benzene rings is 2. The molecule has 2 atom stereocenters. The van der Waals surface area contributed by atoms with Crippen molar-refractivity contribution in [3.05, 3.63) is 64.7 Å². The molecule has 5 nitrogen and oxygen atoms in total. The highest BCUT2D eigenvalue weighted by Gasteiger charge is 2.22. The lowest BCUT2D eigenvalue weighted by molar-refractivity contribution is -0.117. The van der Waals surface area contributed by atoms with E-state index in [-0.39, 0.29) is 23.9 Å². The van der Waals surface area contributed by atoms with E-state index >= 15 is 0 Å². The highest BCUT2D eigenvalue weighted by Crippen LogP contribution is 2.24. The molecule has 2 unspecified atom stereocenters. The van der Waals surface area contributed by atoms with Crippen LogP contribution in [0, 0.1) is 0 Å². The summed E-state index contributed by atoms with van der Waals surface area (Å²) in [7, 11) is 0. The standard InChI is InChI=1S/C22H25ClN2O3/c1-15-13-25(14-16(2)28-15)11-10-21(26)24-20-9-8-18(23)12-19(20)22(27)17-6-4-3-5-7-17/h3-9,12,15-16H,10-11,13-14H2,1-2H3,(H,24,26). The minimum absolute atomic E-state index is 0.128. The van der Waals surface area contributed by atoms with Crippen LogP contribution in [-0.2, 0) is 9.53 Å². The summed E-state index contributed by atoms with van der Waals surface area (Å²) in [6, 6.07) is 13.9. The van der Waals surface area contributed by atoms with E-state index in [0.717, 1.165) is 13.1 Å². The highest BCUT2D eigenvalue weighted by atomic mass is 35.5. The fourth-order valence-corrected chi connectivity index (χ4v) is 3.67. The molecule has 0 bridgehead atoms. The normalized spacial score (nSPS) is 20.0. The van der Waals surface area contributed by atoms with E-state index in [1.165, 1.54) is 0 Å². The molecule has 0 aliphatic carbocycles. The lowest BCUT2D eigenvalue weighted by Gasteiger charge is -2.35. The van der Waals surface area contributed by atoms with Crippen LogP contribution in [0.1, 0.15) is 36.2 Å². The second-order valence-electron chi connectivity index (χ2n) is 7.20. The number of ketones is 1. The molecule has 1 aliphatic heterocycles. The average molecular weight is 401 g/mol. The number of carbonyl (C=O) groups is 2. The van der Waals surface area contributed by atoms with E-state index in [1.54, 1.807) is 42.5 Å². The Morgan fingerprint density at radius 3 is 2.46 bits per heavy atom. The van der Waals surface area contributed by atoms with Crippen molar-refractivity contribution in [1.29, 1.82) is 0 Å². The molecule has 148 valence electrons. The largest absolute Gasteiger partial charge is 0.373 e. The van der Waals surface area contributed by atoms with Crippen LogP contribution in [0.3, 0.4) is 0 Å². The molecular weight excluding hydrogens is 376 g/mol. The molecule has 1 fully saturated rings. The number of anilines is 1. The third-order valence-corrected chi connectivity index (χ3v) is 4.92. The Bertz CT molecular complexity index is 831. The van der Waals surface area contributed by atoms with Crippen molar-refractivity contribution in [2.24, 2.45) is 0 Å². The number of hydrogen-bond donors (Lipinski definition) is 1. The predicted molar refractivity (Wildman–Crippen MR) is 111 cm³/mol. The summed E-state index contributed by atoms with van der Waals surface area (Å²) in [6.45, 7) is 6.36. The zero-order chi connectivity index (χ0) is 20.1. The SMILES string of the molecule is CC1CN(CCC(=O)Nc2ccc(Cl)cc2C(=O)c2ccccc2)CC(C)O1. The minimum atomic E-state index is -0.172. The van der Waals surface area contributed by atoms with Crippen LogP contribution in [0.15, 0.2) is 48.5 Å². The van der Waals surface area contributed by atoms with Crippen LogP contribution in [0.4, 0.5) is 5.69 Å². The summed E-state index contributed by atoms with van der Waals surface area (Å²) in [5.74, 6) is -0.300. The third-order valence-electron chi connectivity index (χ3n) is 4.69. The number of carbonyl (C=O) groups excluding carboxylic acids is 2. The van der Waals surface area contributed by atoms with Gasteiger partial charge in [-0.1, -0.05) is 41.9 Å². The van der Waals surface area contributed by atoms with Crippen molar-refractivity contribution in [3.8, 4) is 0 Å². The molecule has 1 N–H and O–H groups in total. The quantitative estimate of drug-likeness (QED) is 0.744. The Balaban J connectivity index is 1.67. The van der Waals surface area contributed by atoms with Gasteiger partial charge in [0, 0.05) is 42.2 Å². The Hall–Kier alpha value is -2.21. The van der Waals surface area contributed by atoms with E-state index in [0.29, 0.717) is 34.8 Å². The first-order valence-corrected chi connectivity index (χ1v) is 9.87. The molecule has 28 heavy (non-hydrogen) atoms. The first-order valence-electron chi connectivity index (χ1n) is 9.49. The molecule has 1 aliphatic rings. The molecule has 1 saturated heterocycles. The first kappa shape index (κ1) is 20.5. The molecule has 0 saturated carbocycles. The van der Waals surface area contributed by atoms with Gasteiger partial charge in [0.25, 0.3) is 0 Å². The Morgan fingerprint density at radius 1 is 1.11 bits per heavy atom. The van der Waals surface area contributed by atoms with Crippen molar-refractivity contribution < 1.29 is 14.3 Å². The number of hydrogen-bond acceptors (Lipinski definition) is 4. The summed E-state index contributed by atoms with van der Waals surface area (Å²) >= 11 is 6.09. The first-order chi connectivity index (χ1) is 13.4. The van der Waals surface area contributed by atoms with Gasteiger partial charge in [-0.25, -0.2) is 0 Å². The molecule has 1 heterocycles. The topological polar surface area (TPSA) is 58.6 Å². The van der Waals surface area contributed by atoms with Crippen LogP contribution in [0.5, 0.6) is 0 Å². The van der Waals surface area contributed by atoms with Gasteiger partial charge in [0.2, 0.25) is 5.91 Å². The number of nitrogens with zero attached hydrogens (tertiary/aromatic N) is 1. The van der Waals surface area contributed by atoms with Gasteiger partial charge in [0.15, 0.2) is 5.78 Å². The van der Waals surface area contributed by atoms with Crippen LogP contribution in [-0.4, -0.2) is 48.4 Å². The number of amides is 1. The molecule has 2 aromatic rings. The zero-order valence-electron chi connectivity index (χ0n) is 16.2. The van der Waals surface area contributed by atoms with Crippen molar-refractivity contribution in [2.45, 2.75) is 32.5 Å². The molecule has 0 spiro atoms. The van der Waals surface area contributed by atoms with Crippen molar-refractivity contribution in [1.82, 2.24) is 4.90 Å². The van der Waals surface area contributed by atoms with Crippen molar-refractivity contribution >= 4 is 29.0 Å².